The number of pyridine rings is 1. The lowest BCUT2D eigenvalue weighted by Crippen LogP contribution is -2.55. The number of aromatic carboxylic acids is 1. The topological polar surface area (TPSA) is 85.8 Å². The molecular weight excluding hydrogens is 368 g/mol. The molecular formula is C22H26N4O3. The van der Waals surface area contributed by atoms with Crippen LogP contribution in [0.4, 0.5) is 23.0 Å². The minimum absolute atomic E-state index is 0.0831. The number of rotatable bonds is 4. The van der Waals surface area contributed by atoms with Crippen LogP contribution in [0.1, 0.15) is 49.4 Å². The van der Waals surface area contributed by atoms with E-state index in [4.69, 9.17) is 4.98 Å². The van der Waals surface area contributed by atoms with E-state index in [2.05, 4.69) is 10.2 Å². The summed E-state index contributed by atoms with van der Waals surface area (Å²) in [6.07, 6.45) is 5.73. The Hall–Kier alpha value is -3.09. The third-order valence-corrected chi connectivity index (χ3v) is 5.92. The normalized spacial score (nSPS) is 19.8. The van der Waals surface area contributed by atoms with E-state index in [0.717, 1.165) is 24.3 Å². The van der Waals surface area contributed by atoms with Gasteiger partial charge in [0.1, 0.15) is 11.9 Å². The number of nitrogens with one attached hydrogen (secondary N) is 1. The molecule has 0 unspecified atom stereocenters. The first-order valence-electron chi connectivity index (χ1n) is 10.1. The number of nitrogens with zero attached hydrogens (tertiary/aromatic N) is 3. The number of carbonyl (C=O) groups excluding carboxylic acids is 1. The zero-order chi connectivity index (χ0) is 20.5. The highest BCUT2D eigenvalue weighted by Gasteiger charge is 2.38. The number of benzene rings is 1. The number of amides is 1. The van der Waals surface area contributed by atoms with Crippen molar-refractivity contribution in [3.63, 3.8) is 0 Å². The average molecular weight is 394 g/mol. The maximum Gasteiger partial charge on any atom is 0.335 e. The second kappa shape index (κ2) is 7.73. The van der Waals surface area contributed by atoms with E-state index in [1.807, 2.05) is 25.1 Å². The summed E-state index contributed by atoms with van der Waals surface area (Å²) in [4.78, 5) is 32.8. The van der Waals surface area contributed by atoms with Gasteiger partial charge in [-0.1, -0.05) is 25.3 Å². The molecule has 1 aliphatic carbocycles. The van der Waals surface area contributed by atoms with Crippen molar-refractivity contribution in [3.8, 4) is 0 Å². The Morgan fingerprint density at radius 2 is 1.93 bits per heavy atom. The summed E-state index contributed by atoms with van der Waals surface area (Å²) >= 11 is 0. The van der Waals surface area contributed by atoms with E-state index in [-0.39, 0.29) is 17.5 Å². The molecule has 7 nitrogen and oxygen atoms in total. The van der Waals surface area contributed by atoms with Crippen LogP contribution < -0.4 is 15.1 Å². The fourth-order valence-corrected chi connectivity index (χ4v) is 4.39. The molecule has 2 N–H and O–H groups in total. The number of hydrogen-bond acceptors (Lipinski definition) is 5. The van der Waals surface area contributed by atoms with E-state index in [1.165, 1.54) is 19.3 Å². The predicted molar refractivity (Wildman–Crippen MR) is 113 cm³/mol. The fraction of sp³-hybridized carbons (Fsp3) is 0.409. The van der Waals surface area contributed by atoms with Gasteiger partial charge >= 0.3 is 5.97 Å². The molecule has 2 aliphatic rings. The maximum atomic E-state index is 12.8. The SMILES string of the molecule is C[C@@H]1C(=O)N(C)c2ccc(Nc3cccc(C(=O)O)c3)nc2N1C1CCCCC1. The summed E-state index contributed by atoms with van der Waals surface area (Å²) in [6.45, 7) is 1.95. The molecule has 0 radical (unpaired) electrons. The summed E-state index contributed by atoms with van der Waals surface area (Å²) < 4.78 is 0. The van der Waals surface area contributed by atoms with Crippen molar-refractivity contribution in [1.29, 1.82) is 0 Å². The first-order valence-corrected chi connectivity index (χ1v) is 10.1. The van der Waals surface area contributed by atoms with E-state index in [9.17, 15) is 14.7 Å². The first kappa shape index (κ1) is 19.2. The number of anilines is 4. The highest BCUT2D eigenvalue weighted by molar-refractivity contribution is 6.04. The van der Waals surface area contributed by atoms with E-state index >= 15 is 0 Å². The van der Waals surface area contributed by atoms with Crippen LogP contribution in [0, 0.1) is 0 Å². The minimum atomic E-state index is -0.968. The zero-order valence-corrected chi connectivity index (χ0v) is 16.8. The van der Waals surface area contributed by atoms with Crippen LogP contribution in [-0.2, 0) is 4.79 Å². The van der Waals surface area contributed by atoms with Crippen LogP contribution in [0.2, 0.25) is 0 Å². The van der Waals surface area contributed by atoms with Gasteiger partial charge in [-0.2, -0.15) is 0 Å². The molecule has 1 amide bonds. The van der Waals surface area contributed by atoms with Gasteiger partial charge in [0.25, 0.3) is 0 Å². The highest BCUT2D eigenvalue weighted by atomic mass is 16.4. The second-order valence-corrected chi connectivity index (χ2v) is 7.82. The molecule has 2 heterocycles. The van der Waals surface area contributed by atoms with Crippen molar-refractivity contribution in [2.24, 2.45) is 0 Å². The lowest BCUT2D eigenvalue weighted by Gasteiger charge is -2.44. The maximum absolute atomic E-state index is 12.8. The fourth-order valence-electron chi connectivity index (χ4n) is 4.39. The summed E-state index contributed by atoms with van der Waals surface area (Å²) in [7, 11) is 1.79. The highest BCUT2D eigenvalue weighted by Crippen LogP contribution is 2.39. The van der Waals surface area contributed by atoms with E-state index in [1.54, 1.807) is 30.1 Å². The second-order valence-electron chi connectivity index (χ2n) is 7.82. The first-order chi connectivity index (χ1) is 14.0. The van der Waals surface area contributed by atoms with Crippen LogP contribution in [0.15, 0.2) is 36.4 Å². The summed E-state index contributed by atoms with van der Waals surface area (Å²) in [5.74, 6) is 0.553. The molecule has 2 aromatic rings. The van der Waals surface area contributed by atoms with Gasteiger partial charge < -0.3 is 20.2 Å². The molecule has 29 heavy (non-hydrogen) atoms. The molecule has 1 aromatic heterocycles. The molecule has 152 valence electrons. The van der Waals surface area contributed by atoms with Crippen LogP contribution in [0.25, 0.3) is 0 Å². The van der Waals surface area contributed by atoms with Gasteiger partial charge in [0.05, 0.1) is 11.3 Å². The van der Waals surface area contributed by atoms with Gasteiger partial charge in [0.2, 0.25) is 5.91 Å². The van der Waals surface area contributed by atoms with E-state index < -0.39 is 5.97 Å². The van der Waals surface area contributed by atoms with Crippen LogP contribution in [0.5, 0.6) is 0 Å². The summed E-state index contributed by atoms with van der Waals surface area (Å²) in [6, 6.07) is 10.4. The Labute approximate surface area is 170 Å². The number of carbonyl (C=O) groups is 2. The van der Waals surface area contributed by atoms with Crippen LogP contribution in [-0.4, -0.2) is 41.1 Å². The number of fused-ring (bicyclic) bond motifs is 1. The smallest absolute Gasteiger partial charge is 0.335 e. The van der Waals surface area contributed by atoms with Gasteiger partial charge in [-0.25, -0.2) is 9.78 Å². The average Bonchev–Trinajstić information content (AvgIpc) is 2.73. The largest absolute Gasteiger partial charge is 0.478 e. The summed E-state index contributed by atoms with van der Waals surface area (Å²) in [5.41, 5.74) is 1.69. The van der Waals surface area contributed by atoms with Crippen molar-refractivity contribution in [3.05, 3.63) is 42.0 Å². The van der Waals surface area contributed by atoms with Crippen molar-refractivity contribution < 1.29 is 14.7 Å². The lowest BCUT2D eigenvalue weighted by molar-refractivity contribution is -0.119. The third kappa shape index (κ3) is 3.64. The quantitative estimate of drug-likeness (QED) is 0.814. The standard InChI is InChI=1S/C22H26N4O3/c1-14-21(27)25(2)18-11-12-19(23-16-8-6-7-15(13-16)22(28)29)24-20(18)26(14)17-9-4-3-5-10-17/h6-8,11-14,17H,3-5,9-10H2,1-2H3,(H,23,24)(H,28,29)/t14-/m1/s1. The Bertz CT molecular complexity index is 939. The molecule has 1 fully saturated rings. The predicted octanol–water partition coefficient (Wildman–Crippen LogP) is 4.03. The van der Waals surface area contributed by atoms with Gasteiger partial charge in [-0.05, 0) is 50.1 Å². The lowest BCUT2D eigenvalue weighted by atomic mass is 9.92. The van der Waals surface area contributed by atoms with Crippen molar-refractivity contribution in [2.45, 2.75) is 51.1 Å². The third-order valence-electron chi connectivity index (χ3n) is 5.92. The van der Waals surface area contributed by atoms with Crippen LogP contribution in [0.3, 0.4) is 0 Å². The molecule has 7 heteroatoms. The number of hydrogen-bond donors (Lipinski definition) is 2. The molecule has 4 rings (SSSR count). The van der Waals surface area contributed by atoms with Crippen molar-refractivity contribution in [1.82, 2.24) is 4.98 Å². The number of likely N-dealkylation sites (N-methyl/N-ethyl adjacent to an activating group) is 1. The van der Waals surface area contributed by atoms with Crippen LogP contribution >= 0.6 is 0 Å². The van der Waals surface area contributed by atoms with Crippen molar-refractivity contribution >= 4 is 34.9 Å². The molecule has 0 spiro atoms. The molecule has 1 saturated carbocycles. The molecule has 1 aromatic carbocycles. The van der Waals surface area contributed by atoms with Gasteiger partial charge in [-0.3, -0.25) is 4.79 Å². The monoisotopic (exact) mass is 394 g/mol. The van der Waals surface area contributed by atoms with E-state index in [0.29, 0.717) is 17.5 Å². The number of aromatic nitrogens is 1. The van der Waals surface area contributed by atoms with Gasteiger partial charge in [-0.15, -0.1) is 0 Å². The molecule has 0 bridgehead atoms. The zero-order valence-electron chi connectivity index (χ0n) is 16.8. The van der Waals surface area contributed by atoms with Gasteiger partial charge in [0, 0.05) is 18.8 Å². The molecule has 1 aliphatic heterocycles. The Kier molecular flexibility index (Phi) is 5.13. The number of carboxylic acids is 1. The summed E-state index contributed by atoms with van der Waals surface area (Å²) in [5, 5.41) is 12.4. The Morgan fingerprint density at radius 3 is 2.66 bits per heavy atom. The minimum Gasteiger partial charge on any atom is -0.478 e. The Morgan fingerprint density at radius 1 is 1.17 bits per heavy atom. The molecule has 1 atom stereocenters. The molecule has 0 saturated heterocycles. The van der Waals surface area contributed by atoms with Gasteiger partial charge in [0.15, 0.2) is 5.82 Å². The van der Waals surface area contributed by atoms with Crippen molar-refractivity contribution in [2.75, 3.05) is 22.2 Å². The number of carboxylic acid groups (broad SMARTS) is 1. The Balaban J connectivity index is 1.69.